The predicted octanol–water partition coefficient (Wildman–Crippen LogP) is -1.55. The van der Waals surface area contributed by atoms with Crippen molar-refractivity contribution in [3.8, 4) is 6.07 Å². The van der Waals surface area contributed by atoms with E-state index in [1.54, 1.807) is 12.3 Å². The van der Waals surface area contributed by atoms with Gasteiger partial charge in [0.05, 0.1) is 6.61 Å². The third kappa shape index (κ3) is 2.44. The standard InChI is InChI=1S/C11H13N3O5S/c1-20-11-13-9(18)5(2-12)3-14(11)10-8(17)7(16)6(4-15)19-10/h3,6-8,10,15-17H,4H2,1H3/t6-,7-,8-,10-/m1/s1. The molecule has 1 aliphatic heterocycles. The van der Waals surface area contributed by atoms with Gasteiger partial charge in [0.25, 0.3) is 5.56 Å². The molecule has 20 heavy (non-hydrogen) atoms. The van der Waals surface area contributed by atoms with Crippen molar-refractivity contribution in [2.24, 2.45) is 0 Å². The van der Waals surface area contributed by atoms with Crippen LogP contribution in [0.3, 0.4) is 0 Å². The molecule has 0 radical (unpaired) electrons. The van der Waals surface area contributed by atoms with Crippen LogP contribution < -0.4 is 5.56 Å². The Morgan fingerprint density at radius 2 is 2.25 bits per heavy atom. The van der Waals surface area contributed by atoms with Gasteiger partial charge in [0.2, 0.25) is 0 Å². The molecule has 0 saturated carbocycles. The first-order valence-corrected chi connectivity index (χ1v) is 6.95. The summed E-state index contributed by atoms with van der Waals surface area (Å²) in [5, 5.41) is 37.9. The minimum atomic E-state index is -1.30. The Labute approximate surface area is 118 Å². The van der Waals surface area contributed by atoms with E-state index in [0.29, 0.717) is 0 Å². The number of nitrogens with zero attached hydrogens (tertiary/aromatic N) is 3. The van der Waals surface area contributed by atoms with Crippen LogP contribution in [0.4, 0.5) is 0 Å². The van der Waals surface area contributed by atoms with Gasteiger partial charge in [-0.05, 0) is 6.26 Å². The van der Waals surface area contributed by atoms with E-state index in [2.05, 4.69) is 4.98 Å². The number of hydrogen-bond acceptors (Lipinski definition) is 8. The first-order valence-electron chi connectivity index (χ1n) is 5.73. The maximum absolute atomic E-state index is 11.5. The fourth-order valence-electron chi connectivity index (χ4n) is 1.97. The number of ether oxygens (including phenoxy) is 1. The first kappa shape index (κ1) is 15.0. The van der Waals surface area contributed by atoms with E-state index in [9.17, 15) is 15.0 Å². The van der Waals surface area contributed by atoms with Gasteiger partial charge in [0.15, 0.2) is 11.4 Å². The molecular weight excluding hydrogens is 286 g/mol. The van der Waals surface area contributed by atoms with Crippen molar-refractivity contribution in [2.75, 3.05) is 12.9 Å². The van der Waals surface area contributed by atoms with Crippen molar-refractivity contribution in [1.29, 1.82) is 5.26 Å². The second-order valence-corrected chi connectivity index (χ2v) is 4.97. The summed E-state index contributed by atoms with van der Waals surface area (Å²) in [7, 11) is 0. The van der Waals surface area contributed by atoms with Gasteiger partial charge in [0.1, 0.15) is 29.9 Å². The van der Waals surface area contributed by atoms with E-state index in [4.69, 9.17) is 15.1 Å². The van der Waals surface area contributed by atoms with Crippen molar-refractivity contribution in [2.45, 2.75) is 29.7 Å². The zero-order chi connectivity index (χ0) is 14.9. The van der Waals surface area contributed by atoms with Crippen LogP contribution in [0.25, 0.3) is 0 Å². The monoisotopic (exact) mass is 299 g/mol. The maximum Gasteiger partial charge on any atom is 0.291 e. The Balaban J connectivity index is 2.47. The summed E-state index contributed by atoms with van der Waals surface area (Å²) in [5.41, 5.74) is -0.861. The molecule has 2 heterocycles. The van der Waals surface area contributed by atoms with E-state index >= 15 is 0 Å². The average molecular weight is 299 g/mol. The van der Waals surface area contributed by atoms with Crippen molar-refractivity contribution in [3.63, 3.8) is 0 Å². The molecule has 1 aliphatic rings. The molecule has 108 valence electrons. The van der Waals surface area contributed by atoms with E-state index in [1.165, 1.54) is 10.8 Å². The van der Waals surface area contributed by atoms with E-state index in [1.807, 2.05) is 0 Å². The van der Waals surface area contributed by atoms with Gasteiger partial charge in [-0.2, -0.15) is 10.2 Å². The van der Waals surface area contributed by atoms with Crippen molar-refractivity contribution < 1.29 is 20.1 Å². The highest BCUT2D eigenvalue weighted by molar-refractivity contribution is 7.98. The van der Waals surface area contributed by atoms with Crippen LogP contribution in [0.5, 0.6) is 0 Å². The lowest BCUT2D eigenvalue weighted by Crippen LogP contribution is -2.33. The lowest BCUT2D eigenvalue weighted by Gasteiger charge is -2.20. The van der Waals surface area contributed by atoms with Crippen LogP contribution in [-0.2, 0) is 4.74 Å². The van der Waals surface area contributed by atoms with E-state index in [-0.39, 0.29) is 10.7 Å². The van der Waals surface area contributed by atoms with Crippen molar-refractivity contribution in [3.05, 3.63) is 22.1 Å². The minimum absolute atomic E-state index is 0.194. The third-order valence-electron chi connectivity index (χ3n) is 3.01. The van der Waals surface area contributed by atoms with Crippen LogP contribution in [0.2, 0.25) is 0 Å². The summed E-state index contributed by atoms with van der Waals surface area (Å²) in [4.78, 5) is 15.2. The SMILES string of the molecule is CSc1nc(=O)c(C#N)cn1[C@@H]1O[C@H](CO)[C@@H](O)[C@H]1O. The van der Waals surface area contributed by atoms with Gasteiger partial charge in [-0.1, -0.05) is 11.8 Å². The second-order valence-electron chi connectivity index (χ2n) is 4.19. The molecule has 0 bridgehead atoms. The van der Waals surface area contributed by atoms with Gasteiger partial charge in [0, 0.05) is 6.20 Å². The van der Waals surface area contributed by atoms with Gasteiger partial charge < -0.3 is 20.1 Å². The summed E-state index contributed by atoms with van der Waals surface area (Å²) < 4.78 is 6.66. The predicted molar refractivity (Wildman–Crippen MR) is 68.0 cm³/mol. The molecule has 1 aromatic heterocycles. The summed E-state index contributed by atoms with van der Waals surface area (Å²) in [5.74, 6) is 0. The van der Waals surface area contributed by atoms with E-state index in [0.717, 1.165) is 11.8 Å². The van der Waals surface area contributed by atoms with Gasteiger partial charge in [-0.15, -0.1) is 0 Å². The average Bonchev–Trinajstić information content (AvgIpc) is 2.74. The highest BCUT2D eigenvalue weighted by Gasteiger charge is 2.43. The van der Waals surface area contributed by atoms with Gasteiger partial charge in [-0.25, -0.2) is 0 Å². The molecule has 1 aromatic rings. The van der Waals surface area contributed by atoms with Crippen LogP contribution >= 0.6 is 11.8 Å². The molecule has 1 saturated heterocycles. The number of aliphatic hydroxyl groups excluding tert-OH is 3. The van der Waals surface area contributed by atoms with Crippen molar-refractivity contribution in [1.82, 2.24) is 9.55 Å². The summed E-state index contributed by atoms with van der Waals surface area (Å²) in [6, 6.07) is 1.71. The number of aromatic nitrogens is 2. The highest BCUT2D eigenvalue weighted by atomic mass is 32.2. The van der Waals surface area contributed by atoms with Crippen LogP contribution in [0.15, 0.2) is 16.1 Å². The Morgan fingerprint density at radius 3 is 2.75 bits per heavy atom. The number of nitriles is 1. The highest BCUT2D eigenvalue weighted by Crippen LogP contribution is 2.31. The fourth-order valence-corrected chi connectivity index (χ4v) is 2.52. The van der Waals surface area contributed by atoms with E-state index < -0.39 is 36.7 Å². The van der Waals surface area contributed by atoms with Crippen LogP contribution in [-0.4, -0.2) is 56.0 Å². The Hall–Kier alpha value is -1.44. The second kappa shape index (κ2) is 5.90. The largest absolute Gasteiger partial charge is 0.394 e. The number of aliphatic hydroxyl groups is 3. The lowest BCUT2D eigenvalue weighted by atomic mass is 10.1. The Morgan fingerprint density at radius 1 is 1.55 bits per heavy atom. The molecule has 0 aromatic carbocycles. The Kier molecular flexibility index (Phi) is 4.42. The molecule has 1 fully saturated rings. The smallest absolute Gasteiger partial charge is 0.291 e. The quantitative estimate of drug-likeness (QED) is 0.452. The number of thioether (sulfide) groups is 1. The Bertz CT molecular complexity index is 599. The fraction of sp³-hybridized carbons (Fsp3) is 0.545. The molecule has 9 heteroatoms. The molecule has 2 rings (SSSR count). The first-order chi connectivity index (χ1) is 9.53. The van der Waals surface area contributed by atoms with Crippen LogP contribution in [0.1, 0.15) is 11.8 Å². The number of rotatable bonds is 3. The molecule has 0 spiro atoms. The number of hydrogen-bond donors (Lipinski definition) is 3. The zero-order valence-corrected chi connectivity index (χ0v) is 11.3. The summed E-state index contributed by atoms with van der Waals surface area (Å²) >= 11 is 1.13. The normalized spacial score (nSPS) is 29.4. The summed E-state index contributed by atoms with van der Waals surface area (Å²) in [6.07, 6.45) is -1.62. The maximum atomic E-state index is 11.5. The van der Waals surface area contributed by atoms with Crippen LogP contribution in [0, 0.1) is 11.3 Å². The molecule has 4 atom stereocenters. The molecule has 3 N–H and O–H groups in total. The topological polar surface area (TPSA) is 129 Å². The minimum Gasteiger partial charge on any atom is -0.394 e. The molecule has 8 nitrogen and oxygen atoms in total. The third-order valence-corrected chi connectivity index (χ3v) is 3.68. The van der Waals surface area contributed by atoms with Crippen molar-refractivity contribution >= 4 is 11.8 Å². The molecule has 0 amide bonds. The molecule has 0 aliphatic carbocycles. The van der Waals surface area contributed by atoms with Gasteiger partial charge in [-0.3, -0.25) is 9.36 Å². The summed E-state index contributed by atoms with van der Waals surface area (Å²) in [6.45, 7) is -0.456. The lowest BCUT2D eigenvalue weighted by molar-refractivity contribution is -0.0577. The molecular formula is C11H13N3O5S. The molecule has 0 unspecified atom stereocenters. The van der Waals surface area contributed by atoms with Gasteiger partial charge >= 0.3 is 0 Å². The zero-order valence-electron chi connectivity index (χ0n) is 10.5.